The maximum Gasteiger partial charge on any atom is 0.426 e. The number of aliphatic hydroxyl groups is 1. The number of halogens is 6. The smallest absolute Gasteiger partial charge is 0.373 e. The molecule has 0 unspecified atom stereocenters. The zero-order chi connectivity index (χ0) is 17.5. The Hall–Kier alpha value is -0.740. The van der Waals surface area contributed by atoms with Crippen LogP contribution in [-0.2, 0) is 13.8 Å². The average molecular weight is 401 g/mol. The number of carbonyl (C=O) groups is 1. The second-order valence-corrected chi connectivity index (χ2v) is 7.49. The maximum atomic E-state index is 12.5. The van der Waals surface area contributed by atoms with E-state index in [1.165, 1.54) is 0 Å². The van der Waals surface area contributed by atoms with Crippen LogP contribution in [0, 0.1) is 0 Å². The molecule has 0 saturated heterocycles. The quantitative estimate of drug-likeness (QED) is 0.764. The van der Waals surface area contributed by atoms with E-state index in [4.69, 9.17) is 33.9 Å². The fraction of sp³-hybridized carbons (Fsp3) is 0.300. The Bertz CT molecular complexity index is 719. The van der Waals surface area contributed by atoms with Gasteiger partial charge in [-0.1, -0.05) is 23.2 Å². The summed E-state index contributed by atoms with van der Waals surface area (Å²) in [4.78, 5) is 10.9. The number of benzene rings is 1. The van der Waals surface area contributed by atoms with Gasteiger partial charge >= 0.3 is 6.18 Å². The highest BCUT2D eigenvalue weighted by atomic mass is 35.7. The first-order valence-corrected chi connectivity index (χ1v) is 8.29. The van der Waals surface area contributed by atoms with E-state index in [1.54, 1.807) is 5.32 Å². The molecule has 1 rings (SSSR count). The number of anilines is 1. The van der Waals surface area contributed by atoms with Crippen molar-refractivity contribution in [3.05, 3.63) is 22.2 Å². The Labute approximate surface area is 137 Å². The number of nitrogens with one attached hydrogen (secondary N) is 1. The molecule has 12 heteroatoms. The maximum absolute atomic E-state index is 12.5. The molecule has 0 saturated carbocycles. The molecule has 1 aromatic carbocycles. The van der Waals surface area contributed by atoms with E-state index >= 15 is 0 Å². The van der Waals surface area contributed by atoms with Gasteiger partial charge in [0.1, 0.15) is 4.90 Å². The van der Waals surface area contributed by atoms with Gasteiger partial charge in [-0.05, 0) is 19.1 Å². The summed E-state index contributed by atoms with van der Waals surface area (Å²) < 4.78 is 59.9. The van der Waals surface area contributed by atoms with Crippen molar-refractivity contribution in [3.8, 4) is 0 Å². The highest BCUT2D eigenvalue weighted by Gasteiger charge is 2.55. The van der Waals surface area contributed by atoms with E-state index in [1.807, 2.05) is 0 Å². The fourth-order valence-corrected chi connectivity index (χ4v) is 2.98. The van der Waals surface area contributed by atoms with Crippen LogP contribution in [0.1, 0.15) is 6.92 Å². The van der Waals surface area contributed by atoms with Crippen molar-refractivity contribution in [2.45, 2.75) is 23.6 Å². The number of hydrogen-bond acceptors (Lipinski definition) is 4. The van der Waals surface area contributed by atoms with Crippen LogP contribution in [-0.4, -0.2) is 31.2 Å². The van der Waals surface area contributed by atoms with Crippen LogP contribution in [0.4, 0.5) is 18.9 Å². The van der Waals surface area contributed by atoms with Gasteiger partial charge in [-0.3, -0.25) is 4.79 Å². The van der Waals surface area contributed by atoms with Crippen LogP contribution in [0.2, 0.25) is 10.0 Å². The van der Waals surface area contributed by atoms with Crippen molar-refractivity contribution in [3.63, 3.8) is 0 Å². The lowest BCUT2D eigenvalue weighted by molar-refractivity contribution is -0.242. The summed E-state index contributed by atoms with van der Waals surface area (Å²) in [5.41, 5.74) is -4.11. The Morgan fingerprint density at radius 2 is 1.73 bits per heavy atom. The molecule has 2 N–H and O–H groups in total. The first kappa shape index (κ1) is 19.3. The van der Waals surface area contributed by atoms with Crippen LogP contribution < -0.4 is 5.32 Å². The lowest BCUT2D eigenvalue weighted by atomic mass is 10.1. The van der Waals surface area contributed by atoms with E-state index in [-0.39, 0.29) is 6.92 Å². The first-order valence-electron chi connectivity index (χ1n) is 5.23. The van der Waals surface area contributed by atoms with Crippen LogP contribution in [0.25, 0.3) is 0 Å². The summed E-state index contributed by atoms with van der Waals surface area (Å²) in [5, 5.41) is 9.78. The molecule has 22 heavy (non-hydrogen) atoms. The van der Waals surface area contributed by atoms with Gasteiger partial charge < -0.3 is 10.4 Å². The molecule has 0 aliphatic heterocycles. The predicted molar refractivity (Wildman–Crippen MR) is 74.8 cm³/mol. The standard InChI is InChI=1S/C10H7Cl3F3NO4S/c1-9(19,10(14,15)16)8(18)17-4-2-3-5(22(13,20)21)7(12)6(4)11/h2-3,19H,1H3,(H,17,18)/t9-/m0/s1. The lowest BCUT2D eigenvalue weighted by Crippen LogP contribution is -2.52. The molecule has 0 heterocycles. The topological polar surface area (TPSA) is 83.5 Å². The second-order valence-electron chi connectivity index (χ2n) is 4.20. The van der Waals surface area contributed by atoms with Crippen LogP contribution in [0.3, 0.4) is 0 Å². The van der Waals surface area contributed by atoms with Gasteiger partial charge in [-0.15, -0.1) is 0 Å². The first-order chi connectivity index (χ1) is 9.69. The molecule has 5 nitrogen and oxygen atoms in total. The molecule has 1 amide bonds. The molecule has 0 radical (unpaired) electrons. The normalized spacial score (nSPS) is 15.3. The zero-order valence-electron chi connectivity index (χ0n) is 10.5. The number of alkyl halides is 3. The molecule has 0 aliphatic rings. The SMILES string of the molecule is C[C@](O)(C(=O)Nc1ccc(S(=O)(=O)Cl)c(Cl)c1Cl)C(F)(F)F. The number of rotatable bonds is 3. The van der Waals surface area contributed by atoms with Crippen LogP contribution in [0.15, 0.2) is 17.0 Å². The molecule has 0 aromatic heterocycles. The minimum atomic E-state index is -5.23. The molecule has 0 spiro atoms. The van der Waals surface area contributed by atoms with E-state index < -0.39 is 47.4 Å². The Kier molecular flexibility index (Phi) is 5.30. The molecule has 0 aliphatic carbocycles. The largest absolute Gasteiger partial charge is 0.426 e. The van der Waals surface area contributed by atoms with Crippen LogP contribution in [0.5, 0.6) is 0 Å². The zero-order valence-corrected chi connectivity index (χ0v) is 13.6. The van der Waals surface area contributed by atoms with Crippen LogP contribution >= 0.6 is 33.9 Å². The number of hydrogen-bond donors (Lipinski definition) is 2. The van der Waals surface area contributed by atoms with E-state index in [2.05, 4.69) is 0 Å². The van der Waals surface area contributed by atoms with Gasteiger partial charge in [0.05, 0.1) is 15.7 Å². The molecule has 0 bridgehead atoms. The minimum absolute atomic E-state index is 0.245. The molecule has 124 valence electrons. The molecule has 1 aromatic rings. The Balaban J connectivity index is 3.22. The number of amides is 1. The van der Waals surface area contributed by atoms with Crippen molar-refractivity contribution < 1.29 is 31.5 Å². The van der Waals surface area contributed by atoms with Gasteiger partial charge in [0, 0.05) is 10.7 Å². The van der Waals surface area contributed by atoms with Crippen molar-refractivity contribution >= 4 is 54.5 Å². The van der Waals surface area contributed by atoms with E-state index in [0.29, 0.717) is 0 Å². The van der Waals surface area contributed by atoms with Gasteiger partial charge in [0.2, 0.25) is 5.60 Å². The van der Waals surface area contributed by atoms with Gasteiger partial charge in [-0.2, -0.15) is 13.2 Å². The van der Waals surface area contributed by atoms with Gasteiger partial charge in [-0.25, -0.2) is 8.42 Å². The second kappa shape index (κ2) is 6.04. The highest BCUT2D eigenvalue weighted by molar-refractivity contribution is 8.13. The van der Waals surface area contributed by atoms with Crippen molar-refractivity contribution in [2.75, 3.05) is 5.32 Å². The third kappa shape index (κ3) is 3.77. The summed E-state index contributed by atoms with van der Waals surface area (Å²) in [6.07, 6.45) is -5.23. The molecular formula is C10H7Cl3F3NO4S. The van der Waals surface area contributed by atoms with Gasteiger partial charge in [0.15, 0.2) is 0 Å². The minimum Gasteiger partial charge on any atom is -0.373 e. The summed E-state index contributed by atoms with van der Waals surface area (Å²) in [6.45, 7) is 0.245. The van der Waals surface area contributed by atoms with E-state index in [9.17, 15) is 31.5 Å². The van der Waals surface area contributed by atoms with Crippen molar-refractivity contribution in [1.29, 1.82) is 0 Å². The van der Waals surface area contributed by atoms with E-state index in [0.717, 1.165) is 12.1 Å². The predicted octanol–water partition coefficient (Wildman–Crippen LogP) is 3.17. The third-order valence-electron chi connectivity index (χ3n) is 2.55. The Morgan fingerprint density at radius 1 is 1.23 bits per heavy atom. The molecule has 1 atom stereocenters. The van der Waals surface area contributed by atoms with Crippen molar-refractivity contribution in [1.82, 2.24) is 0 Å². The molecular weight excluding hydrogens is 394 g/mol. The average Bonchev–Trinajstić information content (AvgIpc) is 2.31. The van der Waals surface area contributed by atoms with Crippen molar-refractivity contribution in [2.24, 2.45) is 0 Å². The van der Waals surface area contributed by atoms with Gasteiger partial charge in [0.25, 0.3) is 15.0 Å². The summed E-state index contributed by atoms with van der Waals surface area (Å²) in [7, 11) is 0.840. The molecule has 0 fully saturated rings. The third-order valence-corrected chi connectivity index (χ3v) is 4.91. The number of carbonyl (C=O) groups excluding carboxylic acids is 1. The summed E-state index contributed by atoms with van der Waals surface area (Å²) in [5.74, 6) is -1.82. The highest BCUT2D eigenvalue weighted by Crippen LogP contribution is 2.38. The lowest BCUT2D eigenvalue weighted by Gasteiger charge is -2.25. The fourth-order valence-electron chi connectivity index (χ4n) is 1.19. The monoisotopic (exact) mass is 399 g/mol. The summed E-state index contributed by atoms with van der Waals surface area (Å²) in [6, 6.07) is 1.72. The summed E-state index contributed by atoms with van der Waals surface area (Å²) >= 11 is 11.3. The Morgan fingerprint density at radius 3 is 2.14 bits per heavy atom.